The third-order valence-corrected chi connectivity index (χ3v) is 2.67. The summed E-state index contributed by atoms with van der Waals surface area (Å²) in [6.45, 7) is 2.69. The Morgan fingerprint density at radius 3 is 2.56 bits per heavy atom. The predicted octanol–water partition coefficient (Wildman–Crippen LogP) is 2.33. The summed E-state index contributed by atoms with van der Waals surface area (Å²) in [7, 11) is 0. The number of benzene rings is 1. The van der Waals surface area contributed by atoms with Crippen molar-refractivity contribution in [2.75, 3.05) is 6.54 Å². The van der Waals surface area contributed by atoms with Crippen LogP contribution in [0.3, 0.4) is 0 Å². The van der Waals surface area contributed by atoms with Gasteiger partial charge in [0.1, 0.15) is 5.75 Å². The smallest absolute Gasteiger partial charge is 0.321 e. The summed E-state index contributed by atoms with van der Waals surface area (Å²) < 4.78 is 5.68. The molecule has 1 aromatic heterocycles. The van der Waals surface area contributed by atoms with Gasteiger partial charge >= 0.3 is 6.01 Å². The molecular formula is C14H17N3O. The zero-order chi connectivity index (χ0) is 12.8. The molecule has 0 aliphatic rings. The van der Waals surface area contributed by atoms with Crippen LogP contribution >= 0.6 is 0 Å². The molecule has 0 spiro atoms. The Morgan fingerprint density at radius 1 is 1.17 bits per heavy atom. The van der Waals surface area contributed by atoms with Gasteiger partial charge in [0, 0.05) is 12.4 Å². The minimum absolute atomic E-state index is 0.372. The maximum absolute atomic E-state index is 5.68. The van der Waals surface area contributed by atoms with Crippen molar-refractivity contribution in [3.63, 3.8) is 0 Å². The second-order valence-corrected chi connectivity index (χ2v) is 3.98. The van der Waals surface area contributed by atoms with Gasteiger partial charge in [0.2, 0.25) is 0 Å². The van der Waals surface area contributed by atoms with Crippen LogP contribution < -0.4 is 10.5 Å². The van der Waals surface area contributed by atoms with E-state index in [0.29, 0.717) is 12.6 Å². The van der Waals surface area contributed by atoms with Crippen LogP contribution in [0.2, 0.25) is 0 Å². The van der Waals surface area contributed by atoms with Crippen LogP contribution in [-0.2, 0) is 12.8 Å². The van der Waals surface area contributed by atoms with Crippen LogP contribution in [0.1, 0.15) is 18.1 Å². The van der Waals surface area contributed by atoms with E-state index in [1.807, 2.05) is 24.3 Å². The van der Waals surface area contributed by atoms with Gasteiger partial charge in [-0.25, -0.2) is 9.97 Å². The van der Waals surface area contributed by atoms with Gasteiger partial charge in [-0.05, 0) is 36.6 Å². The van der Waals surface area contributed by atoms with E-state index in [1.165, 1.54) is 0 Å². The van der Waals surface area contributed by atoms with Crippen molar-refractivity contribution in [3.8, 4) is 11.8 Å². The number of rotatable bonds is 5. The SMILES string of the molecule is CCc1ccccc1Oc1ncc(CCN)cn1. The van der Waals surface area contributed by atoms with E-state index in [9.17, 15) is 0 Å². The molecular weight excluding hydrogens is 226 g/mol. The van der Waals surface area contributed by atoms with Crippen molar-refractivity contribution >= 4 is 0 Å². The Balaban J connectivity index is 2.13. The predicted molar refractivity (Wildman–Crippen MR) is 70.7 cm³/mol. The highest BCUT2D eigenvalue weighted by atomic mass is 16.5. The first-order valence-electron chi connectivity index (χ1n) is 6.10. The molecule has 0 saturated carbocycles. The Labute approximate surface area is 107 Å². The maximum Gasteiger partial charge on any atom is 0.321 e. The van der Waals surface area contributed by atoms with Crippen LogP contribution in [-0.4, -0.2) is 16.5 Å². The molecule has 0 amide bonds. The summed E-state index contributed by atoms with van der Waals surface area (Å²) in [6.07, 6.45) is 5.21. The second kappa shape index (κ2) is 6.12. The Kier molecular flexibility index (Phi) is 4.25. The number of nitrogens with zero attached hydrogens (tertiary/aromatic N) is 2. The first-order valence-corrected chi connectivity index (χ1v) is 6.10. The summed E-state index contributed by atoms with van der Waals surface area (Å²) in [5.74, 6) is 0.812. The number of para-hydroxylation sites is 1. The van der Waals surface area contributed by atoms with Crippen LogP contribution in [0.5, 0.6) is 11.8 Å². The summed E-state index contributed by atoms with van der Waals surface area (Å²) in [4.78, 5) is 8.36. The molecule has 18 heavy (non-hydrogen) atoms. The summed E-state index contributed by atoms with van der Waals surface area (Å²) in [6, 6.07) is 8.28. The van der Waals surface area contributed by atoms with Gasteiger partial charge in [0.05, 0.1) is 0 Å². The molecule has 0 aliphatic heterocycles. The molecule has 0 atom stereocenters. The molecule has 2 rings (SSSR count). The van der Waals surface area contributed by atoms with Crippen LogP contribution in [0.4, 0.5) is 0 Å². The van der Waals surface area contributed by atoms with Crippen LogP contribution in [0.15, 0.2) is 36.7 Å². The van der Waals surface area contributed by atoms with Crippen molar-refractivity contribution in [3.05, 3.63) is 47.8 Å². The quantitative estimate of drug-likeness (QED) is 0.875. The van der Waals surface area contributed by atoms with Gasteiger partial charge in [-0.3, -0.25) is 0 Å². The standard InChI is InChI=1S/C14H17N3O/c1-2-12-5-3-4-6-13(12)18-14-16-9-11(7-8-15)10-17-14/h3-6,9-10H,2,7-8,15H2,1H3. The average Bonchev–Trinajstić information content (AvgIpc) is 2.42. The molecule has 1 heterocycles. The molecule has 0 aliphatic carbocycles. The molecule has 0 radical (unpaired) electrons. The molecule has 0 bridgehead atoms. The lowest BCUT2D eigenvalue weighted by Gasteiger charge is -2.08. The fourth-order valence-electron chi connectivity index (χ4n) is 1.69. The molecule has 2 aromatic rings. The van der Waals surface area contributed by atoms with Crippen molar-refractivity contribution in [2.24, 2.45) is 5.73 Å². The number of nitrogens with two attached hydrogens (primary N) is 1. The van der Waals surface area contributed by atoms with Gasteiger partial charge < -0.3 is 10.5 Å². The van der Waals surface area contributed by atoms with Gasteiger partial charge in [-0.1, -0.05) is 25.1 Å². The lowest BCUT2D eigenvalue weighted by Crippen LogP contribution is -2.04. The number of aryl methyl sites for hydroxylation is 1. The molecule has 94 valence electrons. The maximum atomic E-state index is 5.68. The lowest BCUT2D eigenvalue weighted by atomic mass is 10.1. The summed E-state index contributed by atoms with van der Waals surface area (Å²) in [5, 5.41) is 0. The zero-order valence-corrected chi connectivity index (χ0v) is 10.5. The van der Waals surface area contributed by atoms with E-state index in [-0.39, 0.29) is 0 Å². The second-order valence-electron chi connectivity index (χ2n) is 3.98. The highest BCUT2D eigenvalue weighted by Crippen LogP contribution is 2.22. The first kappa shape index (κ1) is 12.5. The highest BCUT2D eigenvalue weighted by Gasteiger charge is 2.04. The Morgan fingerprint density at radius 2 is 1.89 bits per heavy atom. The van der Waals surface area contributed by atoms with Crippen LogP contribution in [0, 0.1) is 0 Å². The van der Waals surface area contributed by atoms with Crippen molar-refractivity contribution < 1.29 is 4.74 Å². The number of hydrogen-bond donors (Lipinski definition) is 1. The van der Waals surface area contributed by atoms with E-state index in [0.717, 1.165) is 29.7 Å². The first-order chi connectivity index (χ1) is 8.83. The largest absolute Gasteiger partial charge is 0.424 e. The van der Waals surface area contributed by atoms with E-state index >= 15 is 0 Å². The Hall–Kier alpha value is -1.94. The summed E-state index contributed by atoms with van der Waals surface area (Å²) in [5.41, 5.74) is 7.64. The number of hydrogen-bond acceptors (Lipinski definition) is 4. The third kappa shape index (κ3) is 3.05. The number of ether oxygens (including phenoxy) is 1. The van der Waals surface area contributed by atoms with Crippen molar-refractivity contribution in [2.45, 2.75) is 19.8 Å². The third-order valence-electron chi connectivity index (χ3n) is 2.67. The van der Waals surface area contributed by atoms with E-state index in [2.05, 4.69) is 16.9 Å². The normalized spacial score (nSPS) is 10.3. The molecule has 0 fully saturated rings. The minimum atomic E-state index is 0.372. The zero-order valence-electron chi connectivity index (χ0n) is 10.5. The van der Waals surface area contributed by atoms with E-state index < -0.39 is 0 Å². The Bertz CT molecular complexity index is 497. The van der Waals surface area contributed by atoms with E-state index in [4.69, 9.17) is 10.5 Å². The molecule has 4 nitrogen and oxygen atoms in total. The average molecular weight is 243 g/mol. The van der Waals surface area contributed by atoms with Gasteiger partial charge in [-0.15, -0.1) is 0 Å². The van der Waals surface area contributed by atoms with Crippen LogP contribution in [0.25, 0.3) is 0 Å². The molecule has 0 unspecified atom stereocenters. The van der Waals surface area contributed by atoms with Gasteiger partial charge in [0.25, 0.3) is 0 Å². The number of aromatic nitrogens is 2. The molecule has 1 aromatic carbocycles. The van der Waals surface area contributed by atoms with Crippen molar-refractivity contribution in [1.29, 1.82) is 0 Å². The van der Waals surface area contributed by atoms with Crippen molar-refractivity contribution in [1.82, 2.24) is 9.97 Å². The van der Waals surface area contributed by atoms with E-state index in [1.54, 1.807) is 12.4 Å². The lowest BCUT2D eigenvalue weighted by molar-refractivity contribution is 0.436. The van der Waals surface area contributed by atoms with Gasteiger partial charge in [-0.2, -0.15) is 0 Å². The fraction of sp³-hybridized carbons (Fsp3) is 0.286. The fourth-order valence-corrected chi connectivity index (χ4v) is 1.69. The molecule has 0 saturated heterocycles. The topological polar surface area (TPSA) is 61.0 Å². The highest BCUT2D eigenvalue weighted by molar-refractivity contribution is 5.35. The monoisotopic (exact) mass is 243 g/mol. The van der Waals surface area contributed by atoms with Gasteiger partial charge in [0.15, 0.2) is 0 Å². The molecule has 4 heteroatoms. The molecule has 2 N–H and O–H groups in total. The summed E-state index contributed by atoms with van der Waals surface area (Å²) >= 11 is 0. The minimum Gasteiger partial charge on any atom is -0.424 e.